The van der Waals surface area contributed by atoms with E-state index in [1.54, 1.807) is 17.8 Å². The van der Waals surface area contributed by atoms with E-state index in [2.05, 4.69) is 15.2 Å². The van der Waals surface area contributed by atoms with Crippen LogP contribution in [0, 0.1) is 6.92 Å². The molecule has 1 aromatic carbocycles. The van der Waals surface area contributed by atoms with Gasteiger partial charge in [-0.3, -0.25) is 4.68 Å². The molecule has 3 aromatic rings. The van der Waals surface area contributed by atoms with E-state index in [1.807, 2.05) is 30.3 Å². The van der Waals surface area contributed by atoms with Crippen LogP contribution in [0.5, 0.6) is 0 Å². The van der Waals surface area contributed by atoms with Crippen molar-refractivity contribution in [1.29, 1.82) is 0 Å². The average Bonchev–Trinajstić information content (AvgIpc) is 3.15. The Morgan fingerprint density at radius 1 is 1.32 bits per heavy atom. The summed E-state index contributed by atoms with van der Waals surface area (Å²) < 4.78 is 11.7. The van der Waals surface area contributed by atoms with E-state index in [0.29, 0.717) is 17.9 Å². The zero-order valence-electron chi connectivity index (χ0n) is 12.0. The lowest BCUT2D eigenvalue weighted by atomic mass is 10.2. The van der Waals surface area contributed by atoms with Gasteiger partial charge in [-0.1, -0.05) is 35.5 Å². The maximum Gasteiger partial charge on any atom is 0.341 e. The van der Waals surface area contributed by atoms with Crippen LogP contribution >= 0.6 is 0 Å². The molecule has 0 saturated carbocycles. The first-order valence-corrected chi connectivity index (χ1v) is 6.73. The summed E-state index contributed by atoms with van der Waals surface area (Å²) >= 11 is 0. The third-order valence-corrected chi connectivity index (χ3v) is 2.95. The van der Waals surface area contributed by atoms with Gasteiger partial charge >= 0.3 is 5.97 Å². The molecule has 0 N–H and O–H groups in total. The summed E-state index contributed by atoms with van der Waals surface area (Å²) in [4.78, 5) is 15.9. The molecule has 0 saturated heterocycles. The monoisotopic (exact) mass is 298 g/mol. The SMILES string of the molecule is Cc1noc(COC(=O)c2cnn(Cc3ccccc3)c2)n1. The molecular formula is C15H14N4O3. The first kappa shape index (κ1) is 14.0. The van der Waals surface area contributed by atoms with Crippen LogP contribution in [0.25, 0.3) is 0 Å². The van der Waals surface area contributed by atoms with Crippen molar-refractivity contribution in [2.24, 2.45) is 0 Å². The summed E-state index contributed by atoms with van der Waals surface area (Å²) in [6, 6.07) is 9.87. The van der Waals surface area contributed by atoms with Crippen molar-refractivity contribution >= 4 is 5.97 Å². The molecule has 0 spiro atoms. The van der Waals surface area contributed by atoms with E-state index >= 15 is 0 Å². The number of aryl methyl sites for hydroxylation is 1. The Labute approximate surface area is 126 Å². The van der Waals surface area contributed by atoms with Crippen LogP contribution in [0.4, 0.5) is 0 Å². The minimum absolute atomic E-state index is 0.0520. The Hall–Kier alpha value is -2.96. The van der Waals surface area contributed by atoms with Gasteiger partial charge in [-0.15, -0.1) is 0 Å². The van der Waals surface area contributed by atoms with Gasteiger partial charge in [-0.25, -0.2) is 4.79 Å². The topological polar surface area (TPSA) is 83.0 Å². The Balaban J connectivity index is 1.59. The normalized spacial score (nSPS) is 10.6. The van der Waals surface area contributed by atoms with E-state index in [1.165, 1.54) is 6.20 Å². The largest absolute Gasteiger partial charge is 0.452 e. The van der Waals surface area contributed by atoms with Crippen LogP contribution in [-0.4, -0.2) is 25.9 Å². The van der Waals surface area contributed by atoms with Crippen molar-refractivity contribution < 1.29 is 14.1 Å². The number of ether oxygens (including phenoxy) is 1. The Morgan fingerprint density at radius 2 is 2.14 bits per heavy atom. The summed E-state index contributed by atoms with van der Waals surface area (Å²) in [6.07, 6.45) is 3.12. The quantitative estimate of drug-likeness (QED) is 0.670. The van der Waals surface area contributed by atoms with Crippen molar-refractivity contribution in [1.82, 2.24) is 19.9 Å². The highest BCUT2D eigenvalue weighted by molar-refractivity contribution is 5.88. The number of carbonyl (C=O) groups is 1. The van der Waals surface area contributed by atoms with Gasteiger partial charge in [0.25, 0.3) is 5.89 Å². The van der Waals surface area contributed by atoms with Crippen molar-refractivity contribution in [2.75, 3.05) is 0 Å². The smallest absolute Gasteiger partial charge is 0.341 e. The molecule has 7 nitrogen and oxygen atoms in total. The predicted octanol–water partition coefficient (Wildman–Crippen LogP) is 1.98. The summed E-state index contributed by atoms with van der Waals surface area (Å²) in [5, 5.41) is 7.78. The van der Waals surface area contributed by atoms with Crippen molar-refractivity contribution in [3.8, 4) is 0 Å². The summed E-state index contributed by atoms with van der Waals surface area (Å²) in [6.45, 7) is 2.24. The van der Waals surface area contributed by atoms with Gasteiger partial charge < -0.3 is 9.26 Å². The summed E-state index contributed by atoms with van der Waals surface area (Å²) in [5.74, 6) is 0.291. The fraction of sp³-hybridized carbons (Fsp3) is 0.200. The molecule has 0 amide bonds. The summed E-state index contributed by atoms with van der Waals surface area (Å²) in [5.41, 5.74) is 1.49. The number of rotatable bonds is 5. The van der Waals surface area contributed by atoms with Crippen LogP contribution in [0.1, 0.15) is 27.6 Å². The van der Waals surface area contributed by atoms with E-state index in [-0.39, 0.29) is 12.5 Å². The maximum absolute atomic E-state index is 11.9. The van der Waals surface area contributed by atoms with Gasteiger partial charge in [0.2, 0.25) is 0 Å². The van der Waals surface area contributed by atoms with Crippen molar-refractivity contribution in [3.63, 3.8) is 0 Å². The Morgan fingerprint density at radius 3 is 2.86 bits per heavy atom. The fourth-order valence-electron chi connectivity index (χ4n) is 1.94. The van der Waals surface area contributed by atoms with E-state index in [9.17, 15) is 4.79 Å². The highest BCUT2D eigenvalue weighted by Crippen LogP contribution is 2.07. The first-order chi connectivity index (χ1) is 10.7. The molecule has 0 fully saturated rings. The molecule has 112 valence electrons. The number of hydrogen-bond donors (Lipinski definition) is 0. The molecule has 0 atom stereocenters. The van der Waals surface area contributed by atoms with Crippen LogP contribution in [0.2, 0.25) is 0 Å². The molecule has 0 radical (unpaired) electrons. The molecule has 2 aromatic heterocycles. The van der Waals surface area contributed by atoms with Gasteiger partial charge in [0.1, 0.15) is 0 Å². The van der Waals surface area contributed by atoms with E-state index in [4.69, 9.17) is 9.26 Å². The molecule has 0 aliphatic carbocycles. The molecule has 0 aliphatic heterocycles. The number of hydrogen-bond acceptors (Lipinski definition) is 6. The molecular weight excluding hydrogens is 284 g/mol. The Bertz CT molecular complexity index is 764. The van der Waals surface area contributed by atoms with Crippen molar-refractivity contribution in [3.05, 3.63) is 65.6 Å². The lowest BCUT2D eigenvalue weighted by molar-refractivity contribution is 0.0429. The molecule has 2 heterocycles. The average molecular weight is 298 g/mol. The number of carbonyl (C=O) groups excluding carboxylic acids is 1. The zero-order valence-corrected chi connectivity index (χ0v) is 12.0. The predicted molar refractivity (Wildman–Crippen MR) is 75.9 cm³/mol. The van der Waals surface area contributed by atoms with Gasteiger partial charge in [0, 0.05) is 6.20 Å². The van der Waals surface area contributed by atoms with Gasteiger partial charge in [0.15, 0.2) is 12.4 Å². The van der Waals surface area contributed by atoms with Crippen LogP contribution < -0.4 is 0 Å². The second-order valence-corrected chi connectivity index (χ2v) is 4.72. The maximum atomic E-state index is 11.9. The lowest BCUT2D eigenvalue weighted by Crippen LogP contribution is -2.05. The van der Waals surface area contributed by atoms with Crippen LogP contribution in [-0.2, 0) is 17.9 Å². The zero-order chi connectivity index (χ0) is 15.4. The van der Waals surface area contributed by atoms with E-state index < -0.39 is 5.97 Å². The second kappa shape index (κ2) is 6.21. The second-order valence-electron chi connectivity index (χ2n) is 4.72. The molecule has 0 bridgehead atoms. The van der Waals surface area contributed by atoms with Gasteiger partial charge in [-0.05, 0) is 12.5 Å². The third kappa shape index (κ3) is 3.38. The number of aromatic nitrogens is 4. The number of esters is 1. The molecule has 22 heavy (non-hydrogen) atoms. The van der Waals surface area contributed by atoms with Crippen LogP contribution in [0.3, 0.4) is 0 Å². The van der Waals surface area contributed by atoms with Crippen LogP contribution in [0.15, 0.2) is 47.2 Å². The minimum atomic E-state index is -0.477. The number of nitrogens with zero attached hydrogens (tertiary/aromatic N) is 4. The minimum Gasteiger partial charge on any atom is -0.452 e. The Kier molecular flexibility index (Phi) is 3.95. The standard InChI is InChI=1S/C15H14N4O3/c1-11-17-14(22-18-11)10-21-15(20)13-7-16-19(9-13)8-12-5-3-2-4-6-12/h2-7,9H,8,10H2,1H3. The van der Waals surface area contributed by atoms with Gasteiger partial charge in [0.05, 0.1) is 18.3 Å². The molecule has 0 unspecified atom stereocenters. The number of benzene rings is 1. The molecule has 7 heteroatoms. The highest BCUT2D eigenvalue weighted by Gasteiger charge is 2.12. The van der Waals surface area contributed by atoms with Gasteiger partial charge in [-0.2, -0.15) is 10.1 Å². The third-order valence-electron chi connectivity index (χ3n) is 2.95. The first-order valence-electron chi connectivity index (χ1n) is 6.73. The van der Waals surface area contributed by atoms with Crippen molar-refractivity contribution in [2.45, 2.75) is 20.1 Å². The lowest BCUT2D eigenvalue weighted by Gasteiger charge is -2.01. The van der Waals surface area contributed by atoms with E-state index in [0.717, 1.165) is 5.56 Å². The fourth-order valence-corrected chi connectivity index (χ4v) is 1.94. The molecule has 3 rings (SSSR count). The molecule has 0 aliphatic rings. The highest BCUT2D eigenvalue weighted by atomic mass is 16.6. The summed E-state index contributed by atoms with van der Waals surface area (Å²) in [7, 11) is 0.